The molecule has 0 saturated heterocycles. The van der Waals surface area contributed by atoms with Gasteiger partial charge in [0.05, 0.1) is 11.2 Å². The maximum absolute atomic E-state index is 13.7. The molecule has 3 aromatic carbocycles. The highest BCUT2D eigenvalue weighted by atomic mass is 16.1. The number of benzene rings is 3. The monoisotopic (exact) mass is 390 g/mol. The van der Waals surface area contributed by atoms with E-state index < -0.39 is 0 Å². The van der Waals surface area contributed by atoms with Crippen molar-refractivity contribution in [3.63, 3.8) is 0 Å². The zero-order valence-electron chi connectivity index (χ0n) is 16.9. The lowest BCUT2D eigenvalue weighted by molar-refractivity contribution is 0.838. The Morgan fingerprint density at radius 1 is 0.800 bits per heavy atom. The first-order chi connectivity index (χ1) is 14.7. The molecule has 3 heteroatoms. The SMILES string of the molecule is Cc1ccc2c(=O)n(-c3cccc4cccnc34)c(CCc3ccccc3)cc2c1. The number of aromatic nitrogens is 2. The van der Waals surface area contributed by atoms with Crippen LogP contribution in [0, 0.1) is 6.92 Å². The van der Waals surface area contributed by atoms with E-state index in [1.165, 1.54) is 5.56 Å². The summed E-state index contributed by atoms with van der Waals surface area (Å²) in [7, 11) is 0. The summed E-state index contributed by atoms with van der Waals surface area (Å²) in [5.74, 6) is 0. The minimum Gasteiger partial charge on any atom is -0.279 e. The Morgan fingerprint density at radius 2 is 1.63 bits per heavy atom. The third kappa shape index (κ3) is 3.29. The third-order valence-corrected chi connectivity index (χ3v) is 5.61. The number of nitrogens with zero attached hydrogens (tertiary/aromatic N) is 2. The van der Waals surface area contributed by atoms with Gasteiger partial charge in [0.15, 0.2) is 0 Å². The summed E-state index contributed by atoms with van der Waals surface area (Å²) in [6.45, 7) is 2.06. The van der Waals surface area contributed by atoms with E-state index in [1.807, 2.05) is 53.1 Å². The number of fused-ring (bicyclic) bond motifs is 2. The van der Waals surface area contributed by atoms with Gasteiger partial charge in [-0.3, -0.25) is 14.3 Å². The molecule has 30 heavy (non-hydrogen) atoms. The summed E-state index contributed by atoms with van der Waals surface area (Å²) in [5.41, 5.74) is 5.10. The summed E-state index contributed by atoms with van der Waals surface area (Å²) in [5, 5.41) is 2.75. The predicted molar refractivity (Wildman–Crippen MR) is 123 cm³/mol. The highest BCUT2D eigenvalue weighted by Gasteiger charge is 2.14. The van der Waals surface area contributed by atoms with Crippen LogP contribution in [-0.2, 0) is 12.8 Å². The fourth-order valence-electron chi connectivity index (χ4n) is 4.12. The van der Waals surface area contributed by atoms with Crippen molar-refractivity contribution < 1.29 is 0 Å². The van der Waals surface area contributed by atoms with Crippen LogP contribution < -0.4 is 5.56 Å². The molecule has 0 aliphatic carbocycles. The first-order valence-electron chi connectivity index (χ1n) is 10.2. The largest absolute Gasteiger partial charge is 0.279 e. The Morgan fingerprint density at radius 3 is 2.50 bits per heavy atom. The van der Waals surface area contributed by atoms with Crippen molar-refractivity contribution >= 4 is 21.7 Å². The van der Waals surface area contributed by atoms with E-state index in [4.69, 9.17) is 0 Å². The minimum absolute atomic E-state index is 0.00807. The lowest BCUT2D eigenvalue weighted by atomic mass is 10.0. The molecule has 0 atom stereocenters. The van der Waals surface area contributed by atoms with Crippen LogP contribution in [0.25, 0.3) is 27.4 Å². The Labute approximate surface area is 175 Å². The number of hydrogen-bond donors (Lipinski definition) is 0. The van der Waals surface area contributed by atoms with Crippen molar-refractivity contribution in [1.29, 1.82) is 0 Å². The molecule has 5 rings (SSSR count). The average molecular weight is 390 g/mol. The van der Waals surface area contributed by atoms with Crippen molar-refractivity contribution in [2.45, 2.75) is 19.8 Å². The number of aryl methyl sites for hydroxylation is 3. The predicted octanol–water partition coefficient (Wildman–Crippen LogP) is 5.63. The molecule has 0 radical (unpaired) electrons. The summed E-state index contributed by atoms with van der Waals surface area (Å²) >= 11 is 0. The molecule has 0 fully saturated rings. The van der Waals surface area contributed by atoms with E-state index in [0.717, 1.165) is 51.5 Å². The number of rotatable bonds is 4. The van der Waals surface area contributed by atoms with Crippen LogP contribution in [0.4, 0.5) is 0 Å². The Kier molecular flexibility index (Phi) is 4.64. The van der Waals surface area contributed by atoms with Gasteiger partial charge in [-0.05, 0) is 55.0 Å². The molecular weight excluding hydrogens is 368 g/mol. The van der Waals surface area contributed by atoms with E-state index >= 15 is 0 Å². The van der Waals surface area contributed by atoms with Crippen molar-refractivity contribution in [3.05, 3.63) is 118 Å². The maximum Gasteiger partial charge on any atom is 0.263 e. The van der Waals surface area contributed by atoms with Crippen LogP contribution >= 0.6 is 0 Å². The van der Waals surface area contributed by atoms with Crippen LogP contribution in [0.15, 0.2) is 95.9 Å². The Bertz CT molecular complexity index is 1410. The molecular formula is C27H22N2O. The molecule has 0 amide bonds. The van der Waals surface area contributed by atoms with Crippen molar-refractivity contribution in [1.82, 2.24) is 9.55 Å². The van der Waals surface area contributed by atoms with Gasteiger partial charge >= 0.3 is 0 Å². The quantitative estimate of drug-likeness (QED) is 0.398. The van der Waals surface area contributed by atoms with E-state index in [0.29, 0.717) is 0 Å². The first-order valence-corrected chi connectivity index (χ1v) is 10.2. The van der Waals surface area contributed by atoms with Crippen LogP contribution in [0.2, 0.25) is 0 Å². The van der Waals surface area contributed by atoms with Crippen molar-refractivity contribution in [2.75, 3.05) is 0 Å². The molecule has 0 bridgehead atoms. The van der Waals surface area contributed by atoms with Gasteiger partial charge in [-0.25, -0.2) is 0 Å². The van der Waals surface area contributed by atoms with Crippen molar-refractivity contribution in [2.24, 2.45) is 0 Å². The molecule has 0 aliphatic rings. The zero-order valence-corrected chi connectivity index (χ0v) is 16.9. The standard InChI is InChI=1S/C27H22N2O/c1-19-12-15-24-22(17-19)18-23(14-13-20-7-3-2-4-8-20)29(27(24)30)25-11-5-9-21-10-6-16-28-26(21)25/h2-12,15-18H,13-14H2,1H3. The zero-order chi connectivity index (χ0) is 20.5. The van der Waals surface area contributed by atoms with Crippen LogP contribution in [0.5, 0.6) is 0 Å². The minimum atomic E-state index is 0.00807. The smallest absolute Gasteiger partial charge is 0.263 e. The molecule has 2 heterocycles. The summed E-state index contributed by atoms with van der Waals surface area (Å²) in [4.78, 5) is 18.2. The molecule has 0 saturated carbocycles. The van der Waals surface area contributed by atoms with E-state index in [9.17, 15) is 4.79 Å². The van der Waals surface area contributed by atoms with Gasteiger partial charge in [0, 0.05) is 22.7 Å². The number of hydrogen-bond acceptors (Lipinski definition) is 2. The second-order valence-corrected chi connectivity index (χ2v) is 7.70. The molecule has 0 unspecified atom stereocenters. The van der Waals surface area contributed by atoms with Gasteiger partial charge in [-0.15, -0.1) is 0 Å². The molecule has 3 nitrogen and oxygen atoms in total. The molecule has 5 aromatic rings. The molecule has 0 aliphatic heterocycles. The van der Waals surface area contributed by atoms with Gasteiger partial charge in [0.25, 0.3) is 5.56 Å². The Hall–Kier alpha value is -3.72. The second kappa shape index (κ2) is 7.60. The fraction of sp³-hybridized carbons (Fsp3) is 0.111. The maximum atomic E-state index is 13.7. The average Bonchev–Trinajstić information content (AvgIpc) is 2.78. The molecule has 2 aromatic heterocycles. The number of pyridine rings is 2. The van der Waals surface area contributed by atoms with Gasteiger partial charge in [0.2, 0.25) is 0 Å². The third-order valence-electron chi connectivity index (χ3n) is 5.61. The highest BCUT2D eigenvalue weighted by molar-refractivity contribution is 5.88. The lowest BCUT2D eigenvalue weighted by Gasteiger charge is -2.16. The van der Waals surface area contributed by atoms with Gasteiger partial charge in [-0.2, -0.15) is 0 Å². The van der Waals surface area contributed by atoms with Gasteiger partial charge in [-0.1, -0.05) is 66.2 Å². The van der Waals surface area contributed by atoms with Crippen LogP contribution in [0.3, 0.4) is 0 Å². The fourth-order valence-corrected chi connectivity index (χ4v) is 4.12. The normalized spacial score (nSPS) is 11.2. The van der Waals surface area contributed by atoms with E-state index in [2.05, 4.69) is 48.3 Å². The number of para-hydroxylation sites is 1. The summed E-state index contributed by atoms with van der Waals surface area (Å²) in [6.07, 6.45) is 3.42. The highest BCUT2D eigenvalue weighted by Crippen LogP contribution is 2.23. The van der Waals surface area contributed by atoms with Gasteiger partial charge in [0.1, 0.15) is 0 Å². The molecule has 0 N–H and O–H groups in total. The van der Waals surface area contributed by atoms with Crippen molar-refractivity contribution in [3.8, 4) is 5.69 Å². The summed E-state index contributed by atoms with van der Waals surface area (Å²) < 4.78 is 1.86. The summed E-state index contributed by atoms with van der Waals surface area (Å²) in [6, 6.07) is 28.6. The van der Waals surface area contributed by atoms with Gasteiger partial charge < -0.3 is 0 Å². The Balaban J connectivity index is 1.75. The molecule has 0 spiro atoms. The van der Waals surface area contributed by atoms with E-state index in [1.54, 1.807) is 6.20 Å². The first kappa shape index (κ1) is 18.3. The topological polar surface area (TPSA) is 34.9 Å². The van der Waals surface area contributed by atoms with E-state index in [-0.39, 0.29) is 5.56 Å². The van der Waals surface area contributed by atoms with Crippen LogP contribution in [0.1, 0.15) is 16.8 Å². The second-order valence-electron chi connectivity index (χ2n) is 7.70. The van der Waals surface area contributed by atoms with Crippen LogP contribution in [-0.4, -0.2) is 9.55 Å². The lowest BCUT2D eigenvalue weighted by Crippen LogP contribution is -2.23. The molecule has 146 valence electrons.